The molecule has 1 heterocycles. The lowest BCUT2D eigenvalue weighted by Crippen LogP contribution is -2.56. The van der Waals surface area contributed by atoms with Crippen molar-refractivity contribution in [1.29, 1.82) is 0 Å². The van der Waals surface area contributed by atoms with Gasteiger partial charge in [-0.05, 0) is 55.9 Å². The van der Waals surface area contributed by atoms with E-state index in [9.17, 15) is 19.5 Å². The van der Waals surface area contributed by atoms with Crippen molar-refractivity contribution >= 4 is 28.5 Å². The van der Waals surface area contributed by atoms with Crippen LogP contribution >= 0.6 is 0 Å². The number of nitrogens with two attached hydrogens (primary N) is 1. The Bertz CT molecular complexity index is 1090. The summed E-state index contributed by atoms with van der Waals surface area (Å²) in [6.45, 7) is 7.85. The van der Waals surface area contributed by atoms with Crippen LogP contribution in [0.5, 0.6) is 0 Å². The van der Waals surface area contributed by atoms with E-state index in [0.29, 0.717) is 13.0 Å². The first-order valence-corrected chi connectivity index (χ1v) is 13.4. The lowest BCUT2D eigenvalue weighted by atomic mass is 9.98. The third kappa shape index (κ3) is 7.29. The second-order valence-electron chi connectivity index (χ2n) is 10.7. The van der Waals surface area contributed by atoms with Gasteiger partial charge in [0.2, 0.25) is 17.7 Å². The van der Waals surface area contributed by atoms with Crippen molar-refractivity contribution in [2.45, 2.75) is 83.5 Å². The van der Waals surface area contributed by atoms with Gasteiger partial charge in [0.05, 0.1) is 6.10 Å². The summed E-state index contributed by atoms with van der Waals surface area (Å²) >= 11 is 0. The molecule has 0 saturated carbocycles. The lowest BCUT2D eigenvalue weighted by molar-refractivity contribution is -0.142. The van der Waals surface area contributed by atoms with Gasteiger partial charge in [0.15, 0.2) is 0 Å². The van der Waals surface area contributed by atoms with Crippen molar-refractivity contribution in [2.75, 3.05) is 13.1 Å². The van der Waals surface area contributed by atoms with Crippen LogP contribution in [0.4, 0.5) is 0 Å². The minimum atomic E-state index is -0.948. The van der Waals surface area contributed by atoms with Crippen LogP contribution in [-0.4, -0.2) is 64.5 Å². The topological polar surface area (TPSA) is 125 Å². The Labute approximate surface area is 220 Å². The third-order valence-corrected chi connectivity index (χ3v) is 7.39. The van der Waals surface area contributed by atoms with Crippen molar-refractivity contribution in [1.82, 2.24) is 15.5 Å². The lowest BCUT2D eigenvalue weighted by Gasteiger charge is -2.29. The number of hydrogen-bond acceptors (Lipinski definition) is 5. The third-order valence-electron chi connectivity index (χ3n) is 7.39. The number of nitrogens with zero attached hydrogens (tertiary/aromatic N) is 1. The van der Waals surface area contributed by atoms with Crippen molar-refractivity contribution in [2.24, 2.45) is 11.7 Å². The Morgan fingerprint density at radius 2 is 1.78 bits per heavy atom. The maximum Gasteiger partial charge on any atom is 0.243 e. The molecule has 202 valence electrons. The quantitative estimate of drug-likeness (QED) is 0.370. The molecule has 37 heavy (non-hydrogen) atoms. The number of aliphatic hydroxyl groups is 1. The maximum atomic E-state index is 13.4. The van der Waals surface area contributed by atoms with Crippen LogP contribution in [0.2, 0.25) is 0 Å². The van der Waals surface area contributed by atoms with E-state index in [1.54, 1.807) is 18.7 Å². The number of amides is 3. The zero-order valence-electron chi connectivity index (χ0n) is 22.5. The molecular weight excluding hydrogens is 468 g/mol. The first kappa shape index (κ1) is 28.6. The molecule has 8 nitrogen and oxygen atoms in total. The van der Waals surface area contributed by atoms with Crippen molar-refractivity contribution in [3.05, 3.63) is 48.0 Å². The Morgan fingerprint density at radius 1 is 1.11 bits per heavy atom. The van der Waals surface area contributed by atoms with Crippen LogP contribution in [0.1, 0.15) is 58.9 Å². The molecule has 0 aliphatic carbocycles. The molecular formula is C29H42N4O4. The van der Waals surface area contributed by atoms with Crippen LogP contribution in [0.3, 0.4) is 0 Å². The molecule has 1 aliphatic rings. The number of carbonyl (C=O) groups is 3. The molecule has 5 N–H and O–H groups in total. The molecule has 3 rings (SSSR count). The molecule has 2 aromatic carbocycles. The minimum absolute atomic E-state index is 0.00600. The number of rotatable bonds is 11. The van der Waals surface area contributed by atoms with E-state index in [4.69, 9.17) is 5.73 Å². The standard InChI is InChI=1S/C29H42N4O4/c1-5-20(6-2)28(37)33-15-9-12-24(33)27(36)32-23(26(35)31-18-25(34)29(3,4)30)17-19-13-14-21-10-7-8-11-22(21)16-19/h7-8,10-11,13-14,16,20,23-25,34H,5-6,9,12,15,17-18,30H2,1-4H3,(H,31,35)(H,32,36). The fourth-order valence-corrected chi connectivity index (χ4v) is 4.84. The van der Waals surface area contributed by atoms with Crippen LogP contribution < -0.4 is 16.4 Å². The SMILES string of the molecule is CCC(CC)C(=O)N1CCCC1C(=O)NC(Cc1ccc2ccccc2c1)C(=O)NCC(O)C(C)(C)N. The van der Waals surface area contributed by atoms with E-state index in [2.05, 4.69) is 10.6 Å². The number of carbonyl (C=O) groups excluding carboxylic acids is 3. The molecule has 3 amide bonds. The van der Waals surface area contributed by atoms with E-state index < -0.39 is 29.6 Å². The fraction of sp³-hybridized carbons (Fsp3) is 0.552. The van der Waals surface area contributed by atoms with Gasteiger partial charge in [0.25, 0.3) is 0 Å². The average molecular weight is 511 g/mol. The summed E-state index contributed by atoms with van der Waals surface area (Å²) in [5, 5.41) is 18.1. The number of likely N-dealkylation sites (tertiary alicyclic amines) is 1. The summed E-state index contributed by atoms with van der Waals surface area (Å²) in [6.07, 6.45) is 2.11. The normalized spacial score (nSPS) is 17.6. The van der Waals surface area contributed by atoms with E-state index >= 15 is 0 Å². The first-order chi connectivity index (χ1) is 17.5. The highest BCUT2D eigenvalue weighted by atomic mass is 16.3. The van der Waals surface area contributed by atoms with Gasteiger partial charge in [-0.3, -0.25) is 14.4 Å². The van der Waals surface area contributed by atoms with E-state index in [1.165, 1.54) is 0 Å². The second kappa shape index (κ2) is 12.5. The van der Waals surface area contributed by atoms with E-state index in [0.717, 1.165) is 35.6 Å². The van der Waals surface area contributed by atoms with Crippen molar-refractivity contribution in [3.63, 3.8) is 0 Å². The number of aliphatic hydroxyl groups excluding tert-OH is 1. The smallest absolute Gasteiger partial charge is 0.243 e. The molecule has 8 heteroatoms. The predicted octanol–water partition coefficient (Wildman–Crippen LogP) is 2.51. The summed E-state index contributed by atoms with van der Waals surface area (Å²) in [4.78, 5) is 41.4. The largest absolute Gasteiger partial charge is 0.389 e. The van der Waals surface area contributed by atoms with Crippen LogP contribution in [0, 0.1) is 5.92 Å². The maximum absolute atomic E-state index is 13.4. The van der Waals surface area contributed by atoms with Crippen LogP contribution in [-0.2, 0) is 20.8 Å². The first-order valence-electron chi connectivity index (χ1n) is 13.4. The number of hydrogen-bond donors (Lipinski definition) is 4. The molecule has 0 bridgehead atoms. The van der Waals surface area contributed by atoms with Crippen LogP contribution in [0.15, 0.2) is 42.5 Å². The molecule has 3 unspecified atom stereocenters. The van der Waals surface area contributed by atoms with Gasteiger partial charge in [0, 0.05) is 31.0 Å². The molecule has 1 aliphatic heterocycles. The highest BCUT2D eigenvalue weighted by Crippen LogP contribution is 2.23. The molecule has 3 atom stereocenters. The molecule has 1 fully saturated rings. The zero-order valence-corrected chi connectivity index (χ0v) is 22.5. The molecule has 0 radical (unpaired) electrons. The number of benzene rings is 2. The molecule has 2 aromatic rings. The Hall–Kier alpha value is -2.97. The number of nitrogens with one attached hydrogen (secondary N) is 2. The van der Waals surface area contributed by atoms with Crippen LogP contribution in [0.25, 0.3) is 10.8 Å². The van der Waals surface area contributed by atoms with Crippen molar-refractivity contribution < 1.29 is 19.5 Å². The van der Waals surface area contributed by atoms with Gasteiger partial charge in [-0.1, -0.05) is 56.3 Å². The summed E-state index contributed by atoms with van der Waals surface area (Å²) in [5.74, 6) is -0.823. The van der Waals surface area contributed by atoms with Crippen molar-refractivity contribution in [3.8, 4) is 0 Å². The number of fused-ring (bicyclic) bond motifs is 1. The Kier molecular flexibility index (Phi) is 9.68. The molecule has 1 saturated heterocycles. The van der Waals surface area contributed by atoms with Gasteiger partial charge in [-0.25, -0.2) is 0 Å². The Morgan fingerprint density at radius 3 is 2.43 bits per heavy atom. The zero-order chi connectivity index (χ0) is 27.2. The highest BCUT2D eigenvalue weighted by molar-refractivity contribution is 5.93. The summed E-state index contributed by atoms with van der Waals surface area (Å²) in [6, 6.07) is 12.5. The highest BCUT2D eigenvalue weighted by Gasteiger charge is 2.37. The summed E-state index contributed by atoms with van der Waals surface area (Å²) in [5.41, 5.74) is 5.98. The van der Waals surface area contributed by atoms with Gasteiger partial charge < -0.3 is 26.4 Å². The van der Waals surface area contributed by atoms with E-state index in [-0.39, 0.29) is 30.7 Å². The molecule has 0 aromatic heterocycles. The Balaban J connectivity index is 1.79. The van der Waals surface area contributed by atoms with Gasteiger partial charge >= 0.3 is 0 Å². The van der Waals surface area contributed by atoms with E-state index in [1.807, 2.05) is 56.3 Å². The second-order valence-corrected chi connectivity index (χ2v) is 10.7. The monoisotopic (exact) mass is 510 g/mol. The minimum Gasteiger partial charge on any atom is -0.389 e. The fourth-order valence-electron chi connectivity index (χ4n) is 4.84. The van der Waals surface area contributed by atoms with Gasteiger partial charge in [-0.15, -0.1) is 0 Å². The molecule has 0 spiro atoms. The predicted molar refractivity (Wildman–Crippen MR) is 146 cm³/mol. The van der Waals surface area contributed by atoms with Gasteiger partial charge in [-0.2, -0.15) is 0 Å². The summed E-state index contributed by atoms with van der Waals surface area (Å²) < 4.78 is 0. The van der Waals surface area contributed by atoms with Gasteiger partial charge in [0.1, 0.15) is 12.1 Å². The summed E-state index contributed by atoms with van der Waals surface area (Å²) in [7, 11) is 0. The average Bonchev–Trinajstić information content (AvgIpc) is 3.37.